The molecule has 2 heterocycles. The molecule has 0 aromatic carbocycles. The number of hydrogen-bond donors (Lipinski definition) is 0. The zero-order valence-corrected chi connectivity index (χ0v) is 11.2. The monoisotopic (exact) mass is 260 g/mol. The van der Waals surface area contributed by atoms with Crippen molar-refractivity contribution in [2.24, 2.45) is 0 Å². The van der Waals surface area contributed by atoms with Crippen LogP contribution in [0.2, 0.25) is 4.47 Å². The van der Waals surface area contributed by atoms with Crippen LogP contribution in [0.25, 0.3) is 0 Å². The van der Waals surface area contributed by atoms with Crippen LogP contribution < -0.4 is 0 Å². The summed E-state index contributed by atoms with van der Waals surface area (Å²) < 4.78 is 6.30. The van der Waals surface area contributed by atoms with Crippen LogP contribution >= 0.6 is 22.9 Å². The van der Waals surface area contributed by atoms with Gasteiger partial charge in [0, 0.05) is 30.2 Å². The highest BCUT2D eigenvalue weighted by Gasteiger charge is 2.25. The lowest BCUT2D eigenvalue weighted by atomic mass is 10.1. The maximum Gasteiger partial charge on any atom is 0.183 e. The van der Waals surface area contributed by atoms with E-state index >= 15 is 0 Å². The summed E-state index contributed by atoms with van der Waals surface area (Å²) in [7, 11) is 0. The molecule has 2 atom stereocenters. The molecule has 0 radical (unpaired) electrons. The normalized spacial score (nSPS) is 27.2. The number of ether oxygens (including phenoxy) is 1. The molecule has 16 heavy (non-hydrogen) atoms. The molecule has 90 valence electrons. The Hall–Kier alpha value is -0.160. The molecule has 0 amide bonds. The van der Waals surface area contributed by atoms with Crippen LogP contribution in [0.4, 0.5) is 0 Å². The third kappa shape index (κ3) is 2.94. The molecule has 0 saturated carbocycles. The van der Waals surface area contributed by atoms with Gasteiger partial charge in [-0.2, -0.15) is 0 Å². The highest BCUT2D eigenvalue weighted by atomic mass is 35.5. The Balaban J connectivity index is 2.00. The van der Waals surface area contributed by atoms with Crippen LogP contribution in [0.3, 0.4) is 0 Å². The van der Waals surface area contributed by atoms with Gasteiger partial charge in [0.15, 0.2) is 4.47 Å². The van der Waals surface area contributed by atoms with E-state index in [4.69, 9.17) is 16.3 Å². The van der Waals surface area contributed by atoms with Gasteiger partial charge in [0.25, 0.3) is 0 Å². The summed E-state index contributed by atoms with van der Waals surface area (Å²) in [5.74, 6) is 0. The molecular formula is C11H17ClN2OS. The fourth-order valence-electron chi connectivity index (χ4n) is 2.04. The SMILES string of the molecule is CCC1COC(C)CN1Cc1cnc(Cl)s1. The third-order valence-electron chi connectivity index (χ3n) is 2.94. The summed E-state index contributed by atoms with van der Waals surface area (Å²) in [6.45, 7) is 7.10. The summed E-state index contributed by atoms with van der Waals surface area (Å²) >= 11 is 7.41. The molecule has 2 rings (SSSR count). The molecule has 5 heteroatoms. The number of rotatable bonds is 3. The summed E-state index contributed by atoms with van der Waals surface area (Å²) in [5, 5.41) is 0. The lowest BCUT2D eigenvalue weighted by Crippen LogP contribution is -2.47. The second-order valence-corrected chi connectivity index (χ2v) is 5.91. The van der Waals surface area contributed by atoms with Crippen molar-refractivity contribution in [2.75, 3.05) is 13.2 Å². The van der Waals surface area contributed by atoms with E-state index in [2.05, 4.69) is 23.7 Å². The number of halogens is 1. The first-order chi connectivity index (χ1) is 7.69. The summed E-state index contributed by atoms with van der Waals surface area (Å²) in [5.41, 5.74) is 0. The average molecular weight is 261 g/mol. The van der Waals surface area contributed by atoms with Gasteiger partial charge >= 0.3 is 0 Å². The van der Waals surface area contributed by atoms with E-state index in [1.54, 1.807) is 11.3 Å². The molecule has 0 spiro atoms. The van der Waals surface area contributed by atoms with E-state index in [9.17, 15) is 0 Å². The Labute approximate surface area is 105 Å². The standard InChI is InChI=1S/C11H17ClN2OS/c1-3-9-7-15-8(2)5-14(9)6-10-4-13-11(12)16-10/h4,8-9H,3,5-7H2,1-2H3. The number of morpholine rings is 1. The Morgan fingerprint density at radius 1 is 1.69 bits per heavy atom. The first-order valence-electron chi connectivity index (χ1n) is 5.65. The van der Waals surface area contributed by atoms with Gasteiger partial charge in [-0.15, -0.1) is 11.3 Å². The van der Waals surface area contributed by atoms with Crippen molar-refractivity contribution in [1.82, 2.24) is 9.88 Å². The largest absolute Gasteiger partial charge is 0.376 e. The predicted octanol–water partition coefficient (Wildman–Crippen LogP) is 2.80. The zero-order valence-electron chi connectivity index (χ0n) is 9.65. The van der Waals surface area contributed by atoms with Gasteiger partial charge in [0.1, 0.15) is 0 Å². The van der Waals surface area contributed by atoms with E-state index in [0.29, 0.717) is 16.6 Å². The fraction of sp³-hybridized carbons (Fsp3) is 0.727. The number of hydrogen-bond acceptors (Lipinski definition) is 4. The number of thiazole rings is 1. The van der Waals surface area contributed by atoms with Gasteiger partial charge in [-0.25, -0.2) is 4.98 Å². The number of nitrogens with zero attached hydrogens (tertiary/aromatic N) is 2. The van der Waals surface area contributed by atoms with Crippen LogP contribution in [0.5, 0.6) is 0 Å². The molecule has 0 bridgehead atoms. The summed E-state index contributed by atoms with van der Waals surface area (Å²) in [4.78, 5) is 7.78. The second-order valence-electron chi connectivity index (χ2n) is 4.21. The van der Waals surface area contributed by atoms with E-state index < -0.39 is 0 Å². The molecule has 0 N–H and O–H groups in total. The lowest BCUT2D eigenvalue weighted by Gasteiger charge is -2.37. The van der Waals surface area contributed by atoms with Crippen molar-refractivity contribution in [3.8, 4) is 0 Å². The lowest BCUT2D eigenvalue weighted by molar-refractivity contribution is -0.0588. The quantitative estimate of drug-likeness (QED) is 0.836. The van der Waals surface area contributed by atoms with Crippen molar-refractivity contribution >= 4 is 22.9 Å². The molecule has 1 aliphatic heterocycles. The Morgan fingerprint density at radius 2 is 2.50 bits per heavy atom. The van der Waals surface area contributed by atoms with E-state index in [1.165, 1.54) is 4.88 Å². The number of aromatic nitrogens is 1. The van der Waals surface area contributed by atoms with Gasteiger partial charge in [0.05, 0.1) is 12.7 Å². The zero-order chi connectivity index (χ0) is 11.5. The Morgan fingerprint density at radius 3 is 3.12 bits per heavy atom. The van der Waals surface area contributed by atoms with Crippen LogP contribution in [0, 0.1) is 0 Å². The minimum absolute atomic E-state index is 0.325. The molecule has 1 saturated heterocycles. The molecule has 2 unspecified atom stereocenters. The van der Waals surface area contributed by atoms with Gasteiger partial charge in [0.2, 0.25) is 0 Å². The van der Waals surface area contributed by atoms with Gasteiger partial charge in [-0.1, -0.05) is 18.5 Å². The molecule has 1 aromatic heterocycles. The third-order valence-corrected chi connectivity index (χ3v) is 4.04. The smallest absolute Gasteiger partial charge is 0.183 e. The maximum atomic E-state index is 5.84. The molecular weight excluding hydrogens is 244 g/mol. The fourth-order valence-corrected chi connectivity index (χ4v) is 3.04. The van der Waals surface area contributed by atoms with Crippen molar-refractivity contribution in [3.05, 3.63) is 15.5 Å². The first kappa shape index (κ1) is 12.3. The average Bonchev–Trinajstić information content (AvgIpc) is 2.64. The topological polar surface area (TPSA) is 25.4 Å². The maximum absolute atomic E-state index is 5.84. The van der Waals surface area contributed by atoms with E-state index in [1.807, 2.05) is 6.20 Å². The predicted molar refractivity (Wildman–Crippen MR) is 67.0 cm³/mol. The highest BCUT2D eigenvalue weighted by Crippen LogP contribution is 2.23. The van der Waals surface area contributed by atoms with Crippen LogP contribution in [-0.4, -0.2) is 35.2 Å². The van der Waals surface area contributed by atoms with Crippen molar-refractivity contribution in [1.29, 1.82) is 0 Å². The first-order valence-corrected chi connectivity index (χ1v) is 6.84. The Bertz CT molecular complexity index is 344. The minimum Gasteiger partial charge on any atom is -0.376 e. The van der Waals surface area contributed by atoms with Crippen molar-refractivity contribution in [3.63, 3.8) is 0 Å². The Kier molecular flexibility index (Phi) is 4.19. The van der Waals surface area contributed by atoms with Gasteiger partial charge in [-0.3, -0.25) is 4.90 Å². The van der Waals surface area contributed by atoms with Crippen LogP contribution in [0.1, 0.15) is 25.1 Å². The van der Waals surface area contributed by atoms with E-state index in [0.717, 1.165) is 26.1 Å². The molecule has 0 aliphatic carbocycles. The molecule has 1 fully saturated rings. The minimum atomic E-state index is 0.325. The summed E-state index contributed by atoms with van der Waals surface area (Å²) in [6.07, 6.45) is 3.32. The second kappa shape index (κ2) is 5.45. The molecule has 3 nitrogen and oxygen atoms in total. The van der Waals surface area contributed by atoms with E-state index in [-0.39, 0.29) is 0 Å². The van der Waals surface area contributed by atoms with Crippen LogP contribution in [0.15, 0.2) is 6.20 Å². The van der Waals surface area contributed by atoms with Crippen LogP contribution in [-0.2, 0) is 11.3 Å². The molecule has 1 aliphatic rings. The van der Waals surface area contributed by atoms with Gasteiger partial charge < -0.3 is 4.74 Å². The highest BCUT2D eigenvalue weighted by molar-refractivity contribution is 7.15. The van der Waals surface area contributed by atoms with Gasteiger partial charge in [-0.05, 0) is 13.3 Å². The summed E-state index contributed by atoms with van der Waals surface area (Å²) in [6, 6.07) is 0.525. The molecule has 1 aromatic rings. The van der Waals surface area contributed by atoms with Crippen molar-refractivity contribution in [2.45, 2.75) is 39.0 Å². The van der Waals surface area contributed by atoms with Crippen molar-refractivity contribution < 1.29 is 4.74 Å².